The van der Waals surface area contributed by atoms with Crippen LogP contribution in [0.15, 0.2) is 10.7 Å². The molecule has 1 amide bonds. The highest BCUT2D eigenvalue weighted by Crippen LogP contribution is 2.26. The molecule has 1 unspecified atom stereocenters. The zero-order chi connectivity index (χ0) is 18.1. The summed E-state index contributed by atoms with van der Waals surface area (Å²) < 4.78 is 10.6. The van der Waals surface area contributed by atoms with Crippen LogP contribution in [0, 0.1) is 6.92 Å². The van der Waals surface area contributed by atoms with Crippen molar-refractivity contribution in [3.8, 4) is 0 Å². The van der Waals surface area contributed by atoms with Crippen LogP contribution in [0.3, 0.4) is 0 Å². The third-order valence-electron chi connectivity index (χ3n) is 3.77. The Morgan fingerprint density at radius 1 is 1.38 bits per heavy atom. The number of aliphatic carboxylic acids is 1. The summed E-state index contributed by atoms with van der Waals surface area (Å²) >= 11 is 0. The Morgan fingerprint density at radius 3 is 2.62 bits per heavy atom. The summed E-state index contributed by atoms with van der Waals surface area (Å²) in [5.41, 5.74) is 0.160. The van der Waals surface area contributed by atoms with E-state index in [1.165, 1.54) is 11.2 Å². The van der Waals surface area contributed by atoms with E-state index in [0.717, 1.165) is 0 Å². The van der Waals surface area contributed by atoms with Gasteiger partial charge in [-0.05, 0) is 40.5 Å². The molecule has 24 heavy (non-hydrogen) atoms. The number of likely N-dealkylation sites (tertiary alicyclic amines) is 1. The summed E-state index contributed by atoms with van der Waals surface area (Å²) in [4.78, 5) is 37.6. The van der Waals surface area contributed by atoms with Gasteiger partial charge in [0.25, 0.3) is 5.91 Å². The predicted octanol–water partition coefficient (Wildman–Crippen LogP) is 2.16. The van der Waals surface area contributed by atoms with Crippen LogP contribution in [0.1, 0.15) is 55.3 Å². The number of furan rings is 1. The number of rotatable bonds is 4. The molecule has 1 N–H and O–H groups in total. The van der Waals surface area contributed by atoms with Crippen LogP contribution in [-0.2, 0) is 20.7 Å². The molecule has 132 valence electrons. The minimum Gasteiger partial charge on any atom is -0.481 e. The minimum atomic E-state index is -1.08. The second-order valence-electron chi connectivity index (χ2n) is 6.98. The summed E-state index contributed by atoms with van der Waals surface area (Å²) in [6.45, 7) is 7.44. The molecule has 2 heterocycles. The SMILES string of the molecule is Cc1coc(CC(=O)O)c1C(=O)N1CCCC1C(=O)OC(C)(C)C. The Balaban J connectivity index is 2.24. The van der Waals surface area contributed by atoms with E-state index in [4.69, 9.17) is 14.3 Å². The molecule has 1 atom stereocenters. The van der Waals surface area contributed by atoms with Crippen LogP contribution >= 0.6 is 0 Å². The van der Waals surface area contributed by atoms with Crippen LogP contribution in [-0.4, -0.2) is 46.0 Å². The van der Waals surface area contributed by atoms with Gasteiger partial charge < -0.3 is 19.2 Å². The van der Waals surface area contributed by atoms with E-state index < -0.39 is 23.6 Å². The monoisotopic (exact) mass is 337 g/mol. The molecule has 1 fully saturated rings. The molecule has 1 aliphatic heterocycles. The second-order valence-corrected chi connectivity index (χ2v) is 6.98. The Kier molecular flexibility index (Phi) is 5.01. The topological polar surface area (TPSA) is 97.0 Å². The van der Waals surface area contributed by atoms with Crippen molar-refractivity contribution < 1.29 is 28.6 Å². The van der Waals surface area contributed by atoms with Gasteiger partial charge in [0.05, 0.1) is 11.8 Å². The number of carboxylic acids is 1. The van der Waals surface area contributed by atoms with E-state index in [1.54, 1.807) is 27.7 Å². The fraction of sp³-hybridized carbons (Fsp3) is 0.588. The maximum atomic E-state index is 12.9. The van der Waals surface area contributed by atoms with E-state index in [9.17, 15) is 14.4 Å². The third-order valence-corrected chi connectivity index (χ3v) is 3.77. The predicted molar refractivity (Wildman–Crippen MR) is 84.7 cm³/mol. The quantitative estimate of drug-likeness (QED) is 0.846. The fourth-order valence-corrected chi connectivity index (χ4v) is 2.82. The van der Waals surface area contributed by atoms with Crippen LogP contribution in [0.2, 0.25) is 0 Å². The summed E-state index contributed by atoms with van der Waals surface area (Å²) in [5.74, 6) is -1.79. The van der Waals surface area contributed by atoms with Crippen LogP contribution < -0.4 is 0 Å². The van der Waals surface area contributed by atoms with Gasteiger partial charge >= 0.3 is 11.9 Å². The number of carboxylic acid groups (broad SMARTS) is 1. The molecule has 1 aromatic heterocycles. The molecule has 0 radical (unpaired) electrons. The number of aryl methyl sites for hydroxylation is 1. The normalized spacial score (nSPS) is 17.8. The first kappa shape index (κ1) is 18.0. The van der Waals surface area contributed by atoms with Crippen molar-refractivity contribution in [1.29, 1.82) is 0 Å². The van der Waals surface area contributed by atoms with E-state index in [0.29, 0.717) is 24.9 Å². The maximum Gasteiger partial charge on any atom is 0.329 e. The zero-order valence-electron chi connectivity index (χ0n) is 14.4. The Morgan fingerprint density at radius 2 is 2.04 bits per heavy atom. The van der Waals surface area contributed by atoms with Gasteiger partial charge in [-0.1, -0.05) is 0 Å². The summed E-state index contributed by atoms with van der Waals surface area (Å²) in [6.07, 6.45) is 2.22. The first-order valence-electron chi connectivity index (χ1n) is 7.92. The molecule has 0 saturated carbocycles. The van der Waals surface area contributed by atoms with Crippen molar-refractivity contribution in [2.75, 3.05) is 6.54 Å². The van der Waals surface area contributed by atoms with E-state index in [-0.39, 0.29) is 23.7 Å². The molecular formula is C17H23NO6. The molecule has 7 nitrogen and oxygen atoms in total. The molecule has 1 aliphatic rings. The van der Waals surface area contributed by atoms with Crippen molar-refractivity contribution in [2.45, 2.75) is 58.6 Å². The molecule has 0 aromatic carbocycles. The number of hydrogen-bond donors (Lipinski definition) is 1. The van der Waals surface area contributed by atoms with E-state index in [2.05, 4.69) is 0 Å². The maximum absolute atomic E-state index is 12.9. The Hall–Kier alpha value is -2.31. The van der Waals surface area contributed by atoms with Crippen LogP contribution in [0.5, 0.6) is 0 Å². The first-order valence-corrected chi connectivity index (χ1v) is 7.92. The lowest BCUT2D eigenvalue weighted by atomic mass is 10.1. The van der Waals surface area contributed by atoms with Gasteiger partial charge in [0, 0.05) is 12.1 Å². The van der Waals surface area contributed by atoms with Gasteiger partial charge in [0.1, 0.15) is 23.8 Å². The third kappa shape index (κ3) is 3.96. The fourth-order valence-electron chi connectivity index (χ4n) is 2.82. The van der Waals surface area contributed by atoms with Crippen molar-refractivity contribution in [3.05, 3.63) is 23.2 Å². The van der Waals surface area contributed by atoms with Gasteiger partial charge in [0.15, 0.2) is 0 Å². The standard InChI is InChI=1S/C17H23NO6/c1-10-9-23-12(8-13(19)20)14(10)15(21)18-7-5-6-11(18)16(22)24-17(2,3)4/h9,11H,5-8H2,1-4H3,(H,19,20). The summed E-state index contributed by atoms with van der Waals surface area (Å²) in [5, 5.41) is 8.96. The Labute approximate surface area is 140 Å². The number of amides is 1. The van der Waals surface area contributed by atoms with Gasteiger partial charge in [0.2, 0.25) is 0 Å². The average Bonchev–Trinajstić information content (AvgIpc) is 3.03. The number of nitrogens with zero attached hydrogens (tertiary/aromatic N) is 1. The number of esters is 1. The smallest absolute Gasteiger partial charge is 0.329 e. The molecule has 1 aromatic rings. The van der Waals surface area contributed by atoms with Gasteiger partial charge in [-0.2, -0.15) is 0 Å². The molecule has 1 saturated heterocycles. The molecule has 0 spiro atoms. The van der Waals surface area contributed by atoms with Crippen molar-refractivity contribution in [2.24, 2.45) is 0 Å². The summed E-state index contributed by atoms with van der Waals surface area (Å²) in [6, 6.07) is -0.649. The molecule has 0 aliphatic carbocycles. The lowest BCUT2D eigenvalue weighted by Crippen LogP contribution is -2.43. The number of ether oxygens (including phenoxy) is 1. The molecule has 2 rings (SSSR count). The number of carbonyl (C=O) groups excluding carboxylic acids is 2. The molecule has 7 heteroatoms. The molecule has 0 bridgehead atoms. The minimum absolute atomic E-state index is 0.111. The van der Waals surface area contributed by atoms with E-state index >= 15 is 0 Å². The van der Waals surface area contributed by atoms with Gasteiger partial charge in [-0.15, -0.1) is 0 Å². The lowest BCUT2D eigenvalue weighted by molar-refractivity contribution is -0.159. The summed E-state index contributed by atoms with van der Waals surface area (Å²) in [7, 11) is 0. The highest BCUT2D eigenvalue weighted by molar-refractivity contribution is 5.99. The van der Waals surface area contributed by atoms with Crippen LogP contribution in [0.4, 0.5) is 0 Å². The van der Waals surface area contributed by atoms with Crippen molar-refractivity contribution in [1.82, 2.24) is 4.90 Å². The highest BCUT2D eigenvalue weighted by Gasteiger charge is 2.39. The highest BCUT2D eigenvalue weighted by atomic mass is 16.6. The van der Waals surface area contributed by atoms with Gasteiger partial charge in [-0.3, -0.25) is 9.59 Å². The zero-order valence-corrected chi connectivity index (χ0v) is 14.4. The second kappa shape index (κ2) is 6.67. The number of hydrogen-bond acceptors (Lipinski definition) is 5. The van der Waals surface area contributed by atoms with Gasteiger partial charge in [-0.25, -0.2) is 4.79 Å². The number of carbonyl (C=O) groups is 3. The molecular weight excluding hydrogens is 314 g/mol. The van der Waals surface area contributed by atoms with Crippen LogP contribution in [0.25, 0.3) is 0 Å². The van der Waals surface area contributed by atoms with E-state index in [1.807, 2.05) is 0 Å². The average molecular weight is 337 g/mol. The largest absolute Gasteiger partial charge is 0.481 e. The Bertz CT molecular complexity index is 655. The van der Waals surface area contributed by atoms with Crippen molar-refractivity contribution in [3.63, 3.8) is 0 Å². The first-order chi connectivity index (χ1) is 11.1. The van der Waals surface area contributed by atoms with Crippen molar-refractivity contribution >= 4 is 17.8 Å². The lowest BCUT2D eigenvalue weighted by Gasteiger charge is -2.27.